The Morgan fingerprint density at radius 1 is 0.625 bits per heavy atom. The van der Waals surface area contributed by atoms with Gasteiger partial charge in [0.05, 0.1) is 22.8 Å². The molecule has 1 aromatic heterocycles. The van der Waals surface area contributed by atoms with Crippen molar-refractivity contribution in [2.45, 2.75) is 19.3 Å². The Morgan fingerprint density at radius 2 is 1.25 bits per heavy atom. The number of nitriles is 1. The van der Waals surface area contributed by atoms with Gasteiger partial charge in [-0.05, 0) is 53.6 Å². The second-order valence-electron chi connectivity index (χ2n) is 10.6. The lowest BCUT2D eigenvalue weighted by molar-refractivity contribution is 0.418. The molecule has 0 amide bonds. The van der Waals surface area contributed by atoms with E-state index in [1.54, 1.807) is 6.07 Å². The second kappa shape index (κ2) is 9.18. The molecule has 4 nitrogen and oxygen atoms in total. The molecule has 0 radical (unpaired) electrons. The van der Waals surface area contributed by atoms with Gasteiger partial charge in [-0.1, -0.05) is 86.6 Å². The van der Waals surface area contributed by atoms with Crippen LogP contribution in [-0.2, 0) is 5.41 Å². The van der Waals surface area contributed by atoms with E-state index in [0.717, 1.165) is 50.3 Å². The fourth-order valence-corrected chi connectivity index (χ4v) is 5.56. The first-order chi connectivity index (χ1) is 19.5. The summed E-state index contributed by atoms with van der Waals surface area (Å²) in [4.78, 5) is 10.1. The molecule has 2 heterocycles. The van der Waals surface area contributed by atoms with Crippen molar-refractivity contribution in [1.82, 2.24) is 9.97 Å². The standard InChI is InChI=1S/C36H25N3O/c1-36(2)29-20-23(22-37)12-18-32(29)40-33-19-17-27(21-30(33)36)35-38-31-11-7-6-10-28(31)34(39-35)26-15-13-25(14-16-26)24-8-4-3-5-9-24/h3-21H,1-2H3. The summed E-state index contributed by atoms with van der Waals surface area (Å²) in [7, 11) is 0. The lowest BCUT2D eigenvalue weighted by Gasteiger charge is -2.34. The smallest absolute Gasteiger partial charge is 0.160 e. The molecule has 1 aliphatic rings. The van der Waals surface area contributed by atoms with Gasteiger partial charge >= 0.3 is 0 Å². The van der Waals surface area contributed by atoms with Crippen LogP contribution in [-0.4, -0.2) is 9.97 Å². The molecule has 0 bridgehead atoms. The second-order valence-corrected chi connectivity index (χ2v) is 10.6. The monoisotopic (exact) mass is 515 g/mol. The van der Waals surface area contributed by atoms with Gasteiger partial charge in [0.1, 0.15) is 11.5 Å². The first-order valence-electron chi connectivity index (χ1n) is 13.3. The summed E-state index contributed by atoms with van der Waals surface area (Å²) in [6, 6.07) is 41.1. The molecule has 40 heavy (non-hydrogen) atoms. The Morgan fingerprint density at radius 3 is 2.02 bits per heavy atom. The van der Waals surface area contributed by atoms with E-state index in [2.05, 4.69) is 80.6 Å². The van der Waals surface area contributed by atoms with Gasteiger partial charge in [0.2, 0.25) is 0 Å². The van der Waals surface area contributed by atoms with E-state index < -0.39 is 0 Å². The van der Waals surface area contributed by atoms with Crippen LogP contribution in [0.25, 0.3) is 44.7 Å². The van der Waals surface area contributed by atoms with Crippen molar-refractivity contribution in [2.24, 2.45) is 0 Å². The SMILES string of the molecule is CC1(C)c2cc(C#N)ccc2Oc2ccc(-c3nc(-c4ccc(-c5ccccc5)cc4)c4ccccc4n3)cc21. The molecule has 1 aliphatic heterocycles. The molecule has 5 aromatic carbocycles. The number of hydrogen-bond donors (Lipinski definition) is 0. The van der Waals surface area contributed by atoms with Crippen molar-refractivity contribution in [3.05, 3.63) is 132 Å². The largest absolute Gasteiger partial charge is 0.457 e. The van der Waals surface area contributed by atoms with Gasteiger partial charge in [-0.15, -0.1) is 0 Å². The fraction of sp³-hybridized carbons (Fsp3) is 0.0833. The van der Waals surface area contributed by atoms with Gasteiger partial charge in [-0.2, -0.15) is 5.26 Å². The number of para-hydroxylation sites is 1. The lowest BCUT2D eigenvalue weighted by atomic mass is 9.75. The van der Waals surface area contributed by atoms with Crippen molar-refractivity contribution in [3.63, 3.8) is 0 Å². The molecule has 0 saturated heterocycles. The normalized spacial score (nSPS) is 13.1. The summed E-state index contributed by atoms with van der Waals surface area (Å²) >= 11 is 0. The minimum Gasteiger partial charge on any atom is -0.457 e. The molecule has 0 unspecified atom stereocenters. The molecule has 0 spiro atoms. The molecule has 4 heteroatoms. The third-order valence-electron chi connectivity index (χ3n) is 7.78. The Labute approximate surface area is 233 Å². The molecular weight excluding hydrogens is 490 g/mol. The summed E-state index contributed by atoms with van der Waals surface area (Å²) in [5.41, 5.74) is 8.40. The molecule has 0 aliphatic carbocycles. The van der Waals surface area contributed by atoms with Crippen molar-refractivity contribution >= 4 is 10.9 Å². The van der Waals surface area contributed by atoms with Crippen molar-refractivity contribution in [2.75, 3.05) is 0 Å². The number of aromatic nitrogens is 2. The molecule has 0 saturated carbocycles. The molecule has 7 rings (SSSR count). The summed E-state index contributed by atoms with van der Waals surface area (Å²) in [5.74, 6) is 2.26. The van der Waals surface area contributed by atoms with E-state index in [0.29, 0.717) is 11.4 Å². The highest BCUT2D eigenvalue weighted by Crippen LogP contribution is 2.49. The van der Waals surface area contributed by atoms with Crippen LogP contribution < -0.4 is 4.74 Å². The Hall–Kier alpha value is -5.27. The van der Waals surface area contributed by atoms with Crippen LogP contribution in [0.4, 0.5) is 0 Å². The maximum Gasteiger partial charge on any atom is 0.160 e. The Kier molecular flexibility index (Phi) is 5.47. The highest BCUT2D eigenvalue weighted by atomic mass is 16.5. The summed E-state index contributed by atoms with van der Waals surface area (Å²) < 4.78 is 6.26. The highest BCUT2D eigenvalue weighted by Gasteiger charge is 2.35. The fourth-order valence-electron chi connectivity index (χ4n) is 5.56. The molecule has 6 aromatic rings. The maximum absolute atomic E-state index is 9.47. The first-order valence-corrected chi connectivity index (χ1v) is 13.3. The summed E-state index contributed by atoms with van der Waals surface area (Å²) in [5, 5.41) is 10.5. The first kappa shape index (κ1) is 23.8. The van der Waals surface area contributed by atoms with Gasteiger partial charge in [0, 0.05) is 33.1 Å². The quantitative estimate of drug-likeness (QED) is 0.236. The van der Waals surface area contributed by atoms with Crippen molar-refractivity contribution in [3.8, 4) is 51.3 Å². The predicted octanol–water partition coefficient (Wildman–Crippen LogP) is 8.93. The summed E-state index contributed by atoms with van der Waals surface area (Å²) in [6.45, 7) is 4.33. The van der Waals surface area contributed by atoms with Crippen molar-refractivity contribution < 1.29 is 4.74 Å². The number of benzene rings is 5. The number of fused-ring (bicyclic) bond motifs is 3. The van der Waals surface area contributed by atoms with E-state index in [-0.39, 0.29) is 5.41 Å². The van der Waals surface area contributed by atoms with Gasteiger partial charge in [0.15, 0.2) is 5.82 Å². The zero-order valence-electron chi connectivity index (χ0n) is 22.2. The molecule has 0 N–H and O–H groups in total. The van der Waals surface area contributed by atoms with Crippen LogP contribution in [0.2, 0.25) is 0 Å². The molecular formula is C36H25N3O. The van der Waals surface area contributed by atoms with Crippen LogP contribution in [0.5, 0.6) is 11.5 Å². The van der Waals surface area contributed by atoms with Crippen LogP contribution in [0.1, 0.15) is 30.5 Å². The average Bonchev–Trinajstić information content (AvgIpc) is 3.01. The minimum absolute atomic E-state index is 0.362. The molecule has 0 atom stereocenters. The van der Waals surface area contributed by atoms with E-state index >= 15 is 0 Å². The lowest BCUT2D eigenvalue weighted by Crippen LogP contribution is -2.24. The highest BCUT2D eigenvalue weighted by molar-refractivity contribution is 5.94. The van der Waals surface area contributed by atoms with Crippen LogP contribution in [0.15, 0.2) is 115 Å². The Bertz CT molecular complexity index is 1950. The van der Waals surface area contributed by atoms with Gasteiger partial charge in [-0.3, -0.25) is 0 Å². The molecule has 0 fully saturated rings. The molecule has 190 valence electrons. The van der Waals surface area contributed by atoms with Crippen LogP contribution in [0.3, 0.4) is 0 Å². The van der Waals surface area contributed by atoms with E-state index in [9.17, 15) is 5.26 Å². The zero-order chi connectivity index (χ0) is 27.3. The number of nitrogens with zero attached hydrogens (tertiary/aromatic N) is 3. The number of rotatable bonds is 3. The number of ether oxygens (including phenoxy) is 1. The minimum atomic E-state index is -0.362. The third-order valence-corrected chi connectivity index (χ3v) is 7.78. The zero-order valence-corrected chi connectivity index (χ0v) is 22.2. The van der Waals surface area contributed by atoms with Gasteiger partial charge < -0.3 is 4.74 Å². The van der Waals surface area contributed by atoms with Crippen molar-refractivity contribution in [1.29, 1.82) is 5.26 Å². The Balaban J connectivity index is 1.34. The van der Waals surface area contributed by atoms with Crippen LogP contribution >= 0.6 is 0 Å². The van der Waals surface area contributed by atoms with Gasteiger partial charge in [-0.25, -0.2) is 9.97 Å². The maximum atomic E-state index is 9.47. The van der Waals surface area contributed by atoms with Crippen LogP contribution in [0, 0.1) is 11.3 Å². The van der Waals surface area contributed by atoms with E-state index in [1.807, 2.05) is 48.5 Å². The van der Waals surface area contributed by atoms with Gasteiger partial charge in [0.25, 0.3) is 0 Å². The van der Waals surface area contributed by atoms with E-state index in [4.69, 9.17) is 14.7 Å². The summed E-state index contributed by atoms with van der Waals surface area (Å²) in [6.07, 6.45) is 0. The predicted molar refractivity (Wildman–Crippen MR) is 159 cm³/mol. The average molecular weight is 516 g/mol. The number of hydrogen-bond acceptors (Lipinski definition) is 4. The third kappa shape index (κ3) is 3.92. The topological polar surface area (TPSA) is 58.8 Å². The van der Waals surface area contributed by atoms with E-state index in [1.165, 1.54) is 11.1 Å².